The third kappa shape index (κ3) is 2.47. The number of hydrogen-bond donors (Lipinski definition) is 1. The molecule has 2 aliphatic rings. The Morgan fingerprint density at radius 3 is 2.40 bits per heavy atom. The Balaban J connectivity index is 1.82. The van der Waals surface area contributed by atoms with E-state index in [9.17, 15) is 5.11 Å². The highest BCUT2D eigenvalue weighted by Gasteiger charge is 2.55. The molecule has 0 bridgehead atoms. The zero-order valence-electron chi connectivity index (χ0n) is 11.7. The third-order valence-electron chi connectivity index (χ3n) is 3.84. The lowest BCUT2D eigenvalue weighted by atomic mass is 9.99. The van der Waals surface area contributed by atoms with Gasteiger partial charge in [-0.25, -0.2) is 0 Å². The van der Waals surface area contributed by atoms with Crippen molar-refractivity contribution in [3.8, 4) is 0 Å². The van der Waals surface area contributed by atoms with Gasteiger partial charge in [-0.15, -0.1) is 0 Å². The molecule has 1 aromatic rings. The van der Waals surface area contributed by atoms with Gasteiger partial charge in [0.15, 0.2) is 5.79 Å². The maximum atomic E-state index is 10.5. The van der Waals surface area contributed by atoms with Gasteiger partial charge < -0.3 is 19.3 Å². The summed E-state index contributed by atoms with van der Waals surface area (Å²) in [6, 6.07) is 7.11. The lowest BCUT2D eigenvalue weighted by Crippen LogP contribution is -2.34. The number of ether oxygens (including phenoxy) is 3. The van der Waals surface area contributed by atoms with Crippen LogP contribution in [0.3, 0.4) is 0 Å². The number of aliphatic hydroxyl groups excluding tert-OH is 1. The summed E-state index contributed by atoms with van der Waals surface area (Å²) in [6.07, 6.45) is -1.70. The van der Waals surface area contributed by atoms with E-state index in [0.29, 0.717) is 5.02 Å². The van der Waals surface area contributed by atoms with Crippen LogP contribution in [0.25, 0.3) is 0 Å². The summed E-state index contributed by atoms with van der Waals surface area (Å²) in [6.45, 7) is 5.70. The number of fused-ring (bicyclic) bond motifs is 1. The van der Waals surface area contributed by atoms with Crippen LogP contribution in [-0.2, 0) is 14.2 Å². The molecule has 2 aliphatic heterocycles. The number of rotatable bonds is 2. The lowest BCUT2D eigenvalue weighted by Gasteiger charge is -2.26. The fourth-order valence-corrected chi connectivity index (χ4v) is 3.07. The molecule has 1 N–H and O–H groups in total. The van der Waals surface area contributed by atoms with E-state index in [-0.39, 0.29) is 18.3 Å². The molecule has 2 fully saturated rings. The highest BCUT2D eigenvalue weighted by Crippen LogP contribution is 2.42. The Labute approximate surface area is 123 Å². The molecule has 0 aromatic heterocycles. The van der Waals surface area contributed by atoms with E-state index in [4.69, 9.17) is 25.8 Å². The minimum Gasteiger partial charge on any atom is -0.386 e. The normalized spacial score (nSPS) is 36.9. The molecule has 5 heteroatoms. The molecule has 3 rings (SSSR count). The topological polar surface area (TPSA) is 47.9 Å². The first kappa shape index (κ1) is 14.3. The van der Waals surface area contributed by atoms with E-state index in [1.165, 1.54) is 0 Å². The van der Waals surface area contributed by atoms with Crippen molar-refractivity contribution in [2.75, 3.05) is 0 Å². The summed E-state index contributed by atoms with van der Waals surface area (Å²) in [5.41, 5.74) is 0.764. The molecule has 1 aromatic carbocycles. The minimum absolute atomic E-state index is 0.103. The predicted molar refractivity (Wildman–Crippen MR) is 74.6 cm³/mol. The van der Waals surface area contributed by atoms with Gasteiger partial charge in [-0.05, 0) is 38.5 Å². The average Bonchev–Trinajstić information content (AvgIpc) is 2.85. The summed E-state index contributed by atoms with van der Waals surface area (Å²) < 4.78 is 17.6. The quantitative estimate of drug-likeness (QED) is 0.912. The monoisotopic (exact) mass is 298 g/mol. The van der Waals surface area contributed by atoms with E-state index in [0.717, 1.165) is 5.56 Å². The zero-order chi connectivity index (χ0) is 14.5. The summed E-state index contributed by atoms with van der Waals surface area (Å²) in [5.74, 6) is -0.634. The number of halogens is 1. The Hall–Kier alpha value is -0.650. The summed E-state index contributed by atoms with van der Waals surface area (Å²) in [7, 11) is 0. The van der Waals surface area contributed by atoms with E-state index >= 15 is 0 Å². The highest BCUT2D eigenvalue weighted by molar-refractivity contribution is 6.30. The van der Waals surface area contributed by atoms with Gasteiger partial charge in [-0.3, -0.25) is 0 Å². The summed E-state index contributed by atoms with van der Waals surface area (Å²) in [4.78, 5) is 0. The molecule has 0 saturated carbocycles. The van der Waals surface area contributed by atoms with Crippen LogP contribution in [0.4, 0.5) is 0 Å². The molecule has 5 atom stereocenters. The molecule has 2 heterocycles. The van der Waals surface area contributed by atoms with Gasteiger partial charge in [0.25, 0.3) is 0 Å². The van der Waals surface area contributed by atoms with Gasteiger partial charge >= 0.3 is 0 Å². The molecule has 2 saturated heterocycles. The number of benzene rings is 1. The number of aliphatic hydroxyl groups is 1. The van der Waals surface area contributed by atoms with Crippen LogP contribution in [0.15, 0.2) is 24.3 Å². The Morgan fingerprint density at radius 2 is 1.75 bits per heavy atom. The van der Waals surface area contributed by atoms with Gasteiger partial charge in [-0.1, -0.05) is 23.7 Å². The predicted octanol–water partition coefficient (Wildman–Crippen LogP) is 2.68. The fourth-order valence-electron chi connectivity index (χ4n) is 2.94. The molecular formula is C15H19ClO4. The lowest BCUT2D eigenvalue weighted by molar-refractivity contribution is -0.195. The van der Waals surface area contributed by atoms with Crippen molar-refractivity contribution in [1.82, 2.24) is 0 Å². The first-order chi connectivity index (χ1) is 9.37. The van der Waals surface area contributed by atoms with Gasteiger partial charge in [0.2, 0.25) is 0 Å². The maximum absolute atomic E-state index is 10.5. The molecule has 0 radical (unpaired) electrons. The van der Waals surface area contributed by atoms with Crippen molar-refractivity contribution >= 4 is 11.6 Å². The molecule has 4 nitrogen and oxygen atoms in total. The Morgan fingerprint density at radius 1 is 1.15 bits per heavy atom. The van der Waals surface area contributed by atoms with Gasteiger partial charge in [-0.2, -0.15) is 0 Å². The minimum atomic E-state index is -0.762. The second kappa shape index (κ2) is 4.97. The Kier molecular flexibility index (Phi) is 3.55. The molecule has 0 amide bonds. The molecule has 110 valence electrons. The molecular weight excluding hydrogens is 280 g/mol. The van der Waals surface area contributed by atoms with Crippen molar-refractivity contribution in [3.05, 3.63) is 34.9 Å². The second-order valence-electron chi connectivity index (χ2n) is 5.87. The first-order valence-electron chi connectivity index (χ1n) is 6.82. The molecule has 0 aliphatic carbocycles. The van der Waals surface area contributed by atoms with E-state index in [1.807, 2.05) is 20.8 Å². The first-order valence-corrected chi connectivity index (χ1v) is 7.20. The van der Waals surface area contributed by atoms with Crippen LogP contribution in [0.1, 0.15) is 32.4 Å². The summed E-state index contributed by atoms with van der Waals surface area (Å²) >= 11 is 5.87. The highest BCUT2D eigenvalue weighted by atomic mass is 35.5. The van der Waals surface area contributed by atoms with Crippen LogP contribution >= 0.6 is 11.6 Å². The van der Waals surface area contributed by atoms with E-state index in [1.54, 1.807) is 24.3 Å². The van der Waals surface area contributed by atoms with Crippen molar-refractivity contribution in [3.63, 3.8) is 0 Å². The number of hydrogen-bond acceptors (Lipinski definition) is 4. The summed E-state index contributed by atoms with van der Waals surface area (Å²) in [5, 5.41) is 11.2. The van der Waals surface area contributed by atoms with Crippen molar-refractivity contribution in [2.45, 2.75) is 57.1 Å². The van der Waals surface area contributed by atoms with Crippen LogP contribution in [0.2, 0.25) is 5.02 Å². The SMILES string of the molecule is CC1O[C@H]([C@@H](O)c2ccc(Cl)cc2)[C@H]2OC(C)(C)O[C@@H]12. The van der Waals surface area contributed by atoms with Crippen molar-refractivity contribution in [1.29, 1.82) is 0 Å². The molecule has 0 spiro atoms. The Bertz CT molecular complexity index is 487. The van der Waals surface area contributed by atoms with Gasteiger partial charge in [0.05, 0.1) is 6.10 Å². The fraction of sp³-hybridized carbons (Fsp3) is 0.600. The van der Waals surface area contributed by atoms with E-state index in [2.05, 4.69) is 0 Å². The molecule has 20 heavy (non-hydrogen) atoms. The standard InChI is InChI=1S/C15H19ClO4/c1-8-12-14(20-15(2,3)19-12)13(18-8)11(17)9-4-6-10(16)7-5-9/h4-8,11-14,17H,1-3H3/t8?,11-,12-,13+,14-/m0/s1. The second-order valence-corrected chi connectivity index (χ2v) is 6.30. The average molecular weight is 299 g/mol. The van der Waals surface area contributed by atoms with Gasteiger partial charge in [0.1, 0.15) is 24.4 Å². The molecule has 1 unspecified atom stereocenters. The van der Waals surface area contributed by atoms with E-state index < -0.39 is 18.0 Å². The maximum Gasteiger partial charge on any atom is 0.164 e. The van der Waals surface area contributed by atoms with Crippen molar-refractivity contribution in [2.24, 2.45) is 0 Å². The van der Waals surface area contributed by atoms with Crippen LogP contribution in [0.5, 0.6) is 0 Å². The largest absolute Gasteiger partial charge is 0.386 e. The van der Waals surface area contributed by atoms with Crippen molar-refractivity contribution < 1.29 is 19.3 Å². The van der Waals surface area contributed by atoms with Crippen LogP contribution in [0, 0.1) is 0 Å². The van der Waals surface area contributed by atoms with Gasteiger partial charge in [0, 0.05) is 5.02 Å². The smallest absolute Gasteiger partial charge is 0.164 e. The zero-order valence-corrected chi connectivity index (χ0v) is 12.5. The third-order valence-corrected chi connectivity index (χ3v) is 4.10. The van der Waals surface area contributed by atoms with Crippen LogP contribution in [-0.4, -0.2) is 35.3 Å². The van der Waals surface area contributed by atoms with Crippen LogP contribution < -0.4 is 0 Å².